The molecule has 6 nitrogen and oxygen atoms in total. The molecule has 0 aliphatic rings. The molecule has 75 heavy (non-hydrogen) atoms. The molecule has 1 atom stereocenters. The predicted molar refractivity (Wildman–Crippen MR) is 325 cm³/mol. The van der Waals surface area contributed by atoms with Gasteiger partial charge in [0.2, 0.25) is 0 Å². The molecule has 0 saturated heterocycles. The zero-order chi connectivity index (χ0) is 54.3. The van der Waals surface area contributed by atoms with Crippen molar-refractivity contribution in [1.29, 1.82) is 0 Å². The minimum Gasteiger partial charge on any atom is -0.462 e. The molecule has 0 rings (SSSR count). The smallest absolute Gasteiger partial charge is 0.306 e. The summed E-state index contributed by atoms with van der Waals surface area (Å²) in [6.07, 6.45) is 81.9. The van der Waals surface area contributed by atoms with E-state index in [-0.39, 0.29) is 31.1 Å². The Morgan fingerprint density at radius 2 is 0.520 bits per heavy atom. The van der Waals surface area contributed by atoms with Gasteiger partial charge in [0.1, 0.15) is 13.2 Å². The lowest BCUT2D eigenvalue weighted by atomic mass is 10.0. The molecular formula is C69H122O6. The van der Waals surface area contributed by atoms with E-state index < -0.39 is 6.10 Å². The van der Waals surface area contributed by atoms with E-state index in [9.17, 15) is 14.4 Å². The van der Waals surface area contributed by atoms with E-state index >= 15 is 0 Å². The van der Waals surface area contributed by atoms with Crippen molar-refractivity contribution in [2.75, 3.05) is 13.2 Å². The van der Waals surface area contributed by atoms with E-state index in [0.717, 1.165) is 103 Å². The van der Waals surface area contributed by atoms with E-state index in [4.69, 9.17) is 14.2 Å². The molecule has 1 unspecified atom stereocenters. The molecule has 6 heteroatoms. The normalized spacial score (nSPS) is 12.5. The number of carbonyl (C=O) groups excluding carboxylic acids is 3. The standard InChI is InChI=1S/C69H122O6/c1-4-7-10-13-16-19-22-25-28-30-32-33-34-35-37-38-41-44-47-50-53-56-59-62-68(71)74-65-66(64-73-67(70)61-58-55-52-49-46-43-40-27-24-21-18-15-12-9-6-3)75-69(72)63-60-57-54-51-48-45-42-39-36-31-29-26-23-20-17-14-11-8-5-2/h7,10,16,18-19,21,25,27-28,32-33,40,66H,4-6,8-9,11-15,17,20,22-24,26,29-31,34-39,41-65H2,1-3H3/b10-7-,19-16-,21-18-,28-25-,33-32-,40-27-. The number of hydrogen-bond acceptors (Lipinski definition) is 6. The molecule has 0 aromatic rings. The summed E-state index contributed by atoms with van der Waals surface area (Å²) in [5.41, 5.74) is 0. The van der Waals surface area contributed by atoms with Gasteiger partial charge in [-0.25, -0.2) is 0 Å². The van der Waals surface area contributed by atoms with E-state index in [1.165, 1.54) is 186 Å². The van der Waals surface area contributed by atoms with Crippen LogP contribution in [0.15, 0.2) is 72.9 Å². The minimum absolute atomic E-state index is 0.0792. The molecule has 0 bridgehead atoms. The molecule has 0 aliphatic carbocycles. The van der Waals surface area contributed by atoms with Crippen molar-refractivity contribution in [2.24, 2.45) is 0 Å². The lowest BCUT2D eigenvalue weighted by molar-refractivity contribution is -0.167. The summed E-state index contributed by atoms with van der Waals surface area (Å²) in [5, 5.41) is 0. The first-order chi connectivity index (χ1) is 37.0. The lowest BCUT2D eigenvalue weighted by Crippen LogP contribution is -2.30. The average Bonchev–Trinajstić information content (AvgIpc) is 3.41. The lowest BCUT2D eigenvalue weighted by Gasteiger charge is -2.18. The van der Waals surface area contributed by atoms with Crippen LogP contribution in [0.5, 0.6) is 0 Å². The molecule has 0 heterocycles. The van der Waals surface area contributed by atoms with Crippen LogP contribution in [0.1, 0.15) is 329 Å². The highest BCUT2D eigenvalue weighted by molar-refractivity contribution is 5.71. The van der Waals surface area contributed by atoms with Gasteiger partial charge in [-0.3, -0.25) is 14.4 Å². The van der Waals surface area contributed by atoms with Gasteiger partial charge >= 0.3 is 17.9 Å². The van der Waals surface area contributed by atoms with E-state index in [1.807, 2.05) is 0 Å². The van der Waals surface area contributed by atoms with Crippen molar-refractivity contribution in [3.8, 4) is 0 Å². The monoisotopic (exact) mass is 1050 g/mol. The van der Waals surface area contributed by atoms with Gasteiger partial charge in [0.05, 0.1) is 0 Å². The SMILES string of the molecule is CC/C=C\C/C=C\C/C=C\C/C=C\CCCCCCCCCCCCC(=O)OCC(COC(=O)CCCCCCC/C=C\C/C=C\CCCCC)OC(=O)CCCCCCCCCCCCCCCCCCCCC. The maximum Gasteiger partial charge on any atom is 0.306 e. The first kappa shape index (κ1) is 71.8. The van der Waals surface area contributed by atoms with E-state index in [1.54, 1.807) is 0 Å². The summed E-state index contributed by atoms with van der Waals surface area (Å²) in [5.74, 6) is -0.879. The second-order valence-corrected chi connectivity index (χ2v) is 21.6. The Labute approximate surface area is 465 Å². The summed E-state index contributed by atoms with van der Waals surface area (Å²) in [7, 11) is 0. The number of carbonyl (C=O) groups is 3. The van der Waals surface area contributed by atoms with Crippen LogP contribution in [-0.2, 0) is 28.6 Å². The quantitative estimate of drug-likeness (QED) is 0.0261. The molecule has 0 amide bonds. The van der Waals surface area contributed by atoms with Crippen LogP contribution < -0.4 is 0 Å². The van der Waals surface area contributed by atoms with Gasteiger partial charge in [-0.2, -0.15) is 0 Å². The summed E-state index contributed by atoms with van der Waals surface area (Å²) in [4.78, 5) is 38.3. The van der Waals surface area contributed by atoms with Crippen molar-refractivity contribution < 1.29 is 28.6 Å². The van der Waals surface area contributed by atoms with Crippen LogP contribution in [-0.4, -0.2) is 37.2 Å². The third-order valence-electron chi connectivity index (χ3n) is 14.2. The number of esters is 3. The fourth-order valence-corrected chi connectivity index (χ4v) is 9.35. The zero-order valence-electron chi connectivity index (χ0n) is 49.8. The highest BCUT2D eigenvalue weighted by atomic mass is 16.6. The minimum atomic E-state index is -0.782. The average molecular weight is 1050 g/mol. The number of rotatable bonds is 59. The molecule has 0 N–H and O–H groups in total. The first-order valence-corrected chi connectivity index (χ1v) is 32.4. The highest BCUT2D eigenvalue weighted by Gasteiger charge is 2.19. The Kier molecular flexibility index (Phi) is 60.7. The van der Waals surface area contributed by atoms with Gasteiger partial charge in [-0.15, -0.1) is 0 Å². The van der Waals surface area contributed by atoms with Crippen molar-refractivity contribution >= 4 is 17.9 Å². The second kappa shape index (κ2) is 63.4. The van der Waals surface area contributed by atoms with Crippen molar-refractivity contribution in [3.63, 3.8) is 0 Å². The van der Waals surface area contributed by atoms with Gasteiger partial charge in [-0.1, -0.05) is 293 Å². The first-order valence-electron chi connectivity index (χ1n) is 32.4. The van der Waals surface area contributed by atoms with Crippen molar-refractivity contribution in [1.82, 2.24) is 0 Å². The summed E-state index contributed by atoms with van der Waals surface area (Å²) in [6, 6.07) is 0. The Morgan fingerprint density at radius 1 is 0.280 bits per heavy atom. The largest absolute Gasteiger partial charge is 0.462 e. The topological polar surface area (TPSA) is 78.9 Å². The third-order valence-corrected chi connectivity index (χ3v) is 14.2. The summed E-state index contributed by atoms with van der Waals surface area (Å²) < 4.78 is 16.9. The van der Waals surface area contributed by atoms with Crippen LogP contribution in [0.4, 0.5) is 0 Å². The van der Waals surface area contributed by atoms with Gasteiger partial charge in [0, 0.05) is 19.3 Å². The molecule has 0 radical (unpaired) electrons. The maximum absolute atomic E-state index is 12.9. The molecule has 0 aromatic carbocycles. The van der Waals surface area contributed by atoms with E-state index in [2.05, 4.69) is 93.7 Å². The van der Waals surface area contributed by atoms with Crippen molar-refractivity contribution in [3.05, 3.63) is 72.9 Å². The molecular weight excluding hydrogens is 925 g/mol. The second-order valence-electron chi connectivity index (χ2n) is 21.6. The number of ether oxygens (including phenoxy) is 3. The third kappa shape index (κ3) is 61.6. The van der Waals surface area contributed by atoms with Gasteiger partial charge in [-0.05, 0) is 89.9 Å². The summed E-state index contributed by atoms with van der Waals surface area (Å²) >= 11 is 0. The molecule has 0 aliphatic heterocycles. The summed E-state index contributed by atoms with van der Waals surface area (Å²) in [6.45, 7) is 6.53. The molecule has 0 saturated carbocycles. The fraction of sp³-hybridized carbons (Fsp3) is 0.783. The van der Waals surface area contributed by atoms with Crippen LogP contribution in [0.25, 0.3) is 0 Å². The van der Waals surface area contributed by atoms with Crippen LogP contribution in [0.3, 0.4) is 0 Å². The molecule has 0 aromatic heterocycles. The molecule has 0 spiro atoms. The Morgan fingerprint density at radius 3 is 0.840 bits per heavy atom. The van der Waals surface area contributed by atoms with Crippen LogP contribution >= 0.6 is 0 Å². The zero-order valence-corrected chi connectivity index (χ0v) is 49.8. The Bertz CT molecular complexity index is 1390. The fourth-order valence-electron chi connectivity index (χ4n) is 9.35. The highest BCUT2D eigenvalue weighted by Crippen LogP contribution is 2.17. The van der Waals surface area contributed by atoms with Crippen LogP contribution in [0.2, 0.25) is 0 Å². The van der Waals surface area contributed by atoms with Gasteiger partial charge in [0.15, 0.2) is 6.10 Å². The van der Waals surface area contributed by atoms with E-state index in [0.29, 0.717) is 19.3 Å². The Hall–Kier alpha value is -3.15. The number of unbranched alkanes of at least 4 members (excludes halogenated alkanes) is 36. The predicted octanol–water partition coefficient (Wildman–Crippen LogP) is 22.1. The van der Waals surface area contributed by atoms with Crippen molar-refractivity contribution in [2.45, 2.75) is 335 Å². The maximum atomic E-state index is 12.9. The molecule has 0 fully saturated rings. The van der Waals surface area contributed by atoms with Gasteiger partial charge in [0.25, 0.3) is 0 Å². The van der Waals surface area contributed by atoms with Gasteiger partial charge < -0.3 is 14.2 Å². The Balaban J connectivity index is 4.34. The number of allylic oxidation sites excluding steroid dienone is 12. The number of hydrogen-bond donors (Lipinski definition) is 0. The molecule has 434 valence electrons. The van der Waals surface area contributed by atoms with Crippen LogP contribution in [0, 0.1) is 0 Å².